The molecule has 4 atom stereocenters. The summed E-state index contributed by atoms with van der Waals surface area (Å²) in [5.74, 6) is 0.727. The summed E-state index contributed by atoms with van der Waals surface area (Å²) in [6, 6.07) is 10.2. The number of benzene rings is 1. The lowest BCUT2D eigenvalue weighted by atomic mass is 9.85. The molecule has 0 bridgehead atoms. The van der Waals surface area contributed by atoms with Crippen LogP contribution in [0.2, 0.25) is 0 Å². The van der Waals surface area contributed by atoms with Gasteiger partial charge in [0.05, 0.1) is 13.2 Å². The molecule has 1 aromatic rings. The zero-order chi connectivity index (χ0) is 22.1. The van der Waals surface area contributed by atoms with Crippen LogP contribution < -0.4 is 0 Å². The molecule has 1 fully saturated rings. The van der Waals surface area contributed by atoms with Gasteiger partial charge in [-0.3, -0.25) is 4.79 Å². The number of methoxy groups -OCH3 is 1. The minimum Gasteiger partial charge on any atom is -0.468 e. The Kier molecular flexibility index (Phi) is 9.48. The molecular formula is C26H38O4S. The molecule has 2 aliphatic rings. The molecule has 4 nitrogen and oxygen atoms in total. The van der Waals surface area contributed by atoms with Gasteiger partial charge in [0.15, 0.2) is 6.29 Å². The van der Waals surface area contributed by atoms with E-state index in [4.69, 9.17) is 14.2 Å². The molecule has 1 heterocycles. The van der Waals surface area contributed by atoms with Crippen LogP contribution in [0.15, 0.2) is 47.4 Å². The molecule has 1 aliphatic heterocycles. The Labute approximate surface area is 192 Å². The van der Waals surface area contributed by atoms with Crippen LogP contribution in [-0.4, -0.2) is 36.8 Å². The number of thioether (sulfide) groups is 1. The molecule has 31 heavy (non-hydrogen) atoms. The van der Waals surface area contributed by atoms with Crippen molar-refractivity contribution < 1.29 is 19.0 Å². The van der Waals surface area contributed by atoms with Crippen molar-refractivity contribution in [3.63, 3.8) is 0 Å². The Bertz CT molecular complexity index is 699. The van der Waals surface area contributed by atoms with Crippen molar-refractivity contribution in [2.45, 2.75) is 87.3 Å². The lowest BCUT2D eigenvalue weighted by molar-refractivity contribution is -0.191. The highest BCUT2D eigenvalue weighted by molar-refractivity contribution is 8.01. The highest BCUT2D eigenvalue weighted by atomic mass is 32.2. The third kappa shape index (κ3) is 7.10. The first-order valence-electron chi connectivity index (χ1n) is 11.8. The Morgan fingerprint density at radius 2 is 1.90 bits per heavy atom. The first-order chi connectivity index (χ1) is 15.0. The quantitative estimate of drug-likeness (QED) is 0.374. The van der Waals surface area contributed by atoms with Crippen LogP contribution in [0.1, 0.15) is 65.2 Å². The summed E-state index contributed by atoms with van der Waals surface area (Å²) in [4.78, 5) is 14.2. The van der Waals surface area contributed by atoms with Gasteiger partial charge in [-0.05, 0) is 75.3 Å². The van der Waals surface area contributed by atoms with Gasteiger partial charge in [-0.25, -0.2) is 0 Å². The van der Waals surface area contributed by atoms with E-state index in [-0.39, 0.29) is 18.4 Å². The molecule has 0 saturated carbocycles. The van der Waals surface area contributed by atoms with E-state index < -0.39 is 4.75 Å². The van der Waals surface area contributed by atoms with E-state index in [0.717, 1.165) is 56.4 Å². The Balaban J connectivity index is 1.82. The number of hydrogen-bond acceptors (Lipinski definition) is 5. The number of hydrogen-bond donors (Lipinski definition) is 0. The third-order valence-electron chi connectivity index (χ3n) is 6.42. The second kappa shape index (κ2) is 12.1. The monoisotopic (exact) mass is 446 g/mol. The molecule has 3 unspecified atom stereocenters. The van der Waals surface area contributed by atoms with Crippen LogP contribution in [0.25, 0.3) is 0 Å². The van der Waals surface area contributed by atoms with Crippen LogP contribution in [0.5, 0.6) is 0 Å². The zero-order valence-corrected chi connectivity index (χ0v) is 20.1. The molecule has 0 amide bonds. The van der Waals surface area contributed by atoms with Gasteiger partial charge in [0.1, 0.15) is 4.75 Å². The Morgan fingerprint density at radius 3 is 2.58 bits per heavy atom. The molecule has 172 valence electrons. The van der Waals surface area contributed by atoms with Crippen LogP contribution in [0.3, 0.4) is 0 Å². The summed E-state index contributed by atoms with van der Waals surface area (Å²) in [6.07, 6.45) is 12.4. The topological polar surface area (TPSA) is 44.8 Å². The molecule has 1 saturated heterocycles. The molecule has 0 spiro atoms. The fourth-order valence-electron chi connectivity index (χ4n) is 4.47. The van der Waals surface area contributed by atoms with E-state index in [2.05, 4.69) is 38.1 Å². The summed E-state index contributed by atoms with van der Waals surface area (Å²) in [5.41, 5.74) is 0. The number of carbonyl (C=O) groups excluding carboxylic acids is 1. The van der Waals surface area contributed by atoms with E-state index in [1.54, 1.807) is 11.8 Å². The van der Waals surface area contributed by atoms with Gasteiger partial charge >= 0.3 is 5.97 Å². The van der Waals surface area contributed by atoms with Gasteiger partial charge in [0, 0.05) is 11.5 Å². The molecule has 1 aromatic carbocycles. The highest BCUT2D eigenvalue weighted by Crippen LogP contribution is 2.41. The first-order valence-corrected chi connectivity index (χ1v) is 12.6. The fraction of sp³-hybridized carbons (Fsp3) is 0.654. The van der Waals surface area contributed by atoms with E-state index >= 15 is 0 Å². The standard InChI is InChI=1S/C26H38O4S/c1-20(2)21-14-15-22(30-24-13-7-8-19-29-24)10-9-17-26(18-16-21,25(27)28-3)31-23-11-5-4-6-12-23/h4-6,11-12,16,18,20-22,24H,7-10,13-15,17,19H2,1-3H3/b18-16-/t21-,22?,24?,26?/m1/s1. The van der Waals surface area contributed by atoms with Gasteiger partial charge in [-0.1, -0.05) is 44.2 Å². The average molecular weight is 447 g/mol. The maximum Gasteiger partial charge on any atom is 0.326 e. The summed E-state index contributed by atoms with van der Waals surface area (Å²) < 4.78 is 16.8. The summed E-state index contributed by atoms with van der Waals surface area (Å²) in [7, 11) is 1.49. The zero-order valence-electron chi connectivity index (χ0n) is 19.3. The van der Waals surface area contributed by atoms with Gasteiger partial charge in [0.2, 0.25) is 0 Å². The van der Waals surface area contributed by atoms with Crippen molar-refractivity contribution in [2.24, 2.45) is 11.8 Å². The van der Waals surface area contributed by atoms with Crippen LogP contribution in [0, 0.1) is 11.8 Å². The first kappa shape index (κ1) is 24.3. The van der Waals surface area contributed by atoms with Crippen molar-refractivity contribution >= 4 is 17.7 Å². The maximum atomic E-state index is 13.1. The second-order valence-electron chi connectivity index (χ2n) is 9.09. The van der Waals surface area contributed by atoms with Crippen LogP contribution >= 0.6 is 11.8 Å². The number of carbonyl (C=O) groups is 1. The van der Waals surface area contributed by atoms with Gasteiger partial charge in [-0.2, -0.15) is 0 Å². The average Bonchev–Trinajstić information content (AvgIpc) is 2.79. The lowest BCUT2D eigenvalue weighted by Crippen LogP contribution is -2.36. The molecule has 3 rings (SSSR count). The Hall–Kier alpha value is -1.30. The minimum absolute atomic E-state index is 0.0706. The number of rotatable bonds is 6. The van der Waals surface area contributed by atoms with E-state index in [1.165, 1.54) is 13.5 Å². The molecule has 0 aromatic heterocycles. The molecule has 5 heteroatoms. The minimum atomic E-state index is -0.716. The predicted octanol–water partition coefficient (Wildman–Crippen LogP) is 6.39. The largest absolute Gasteiger partial charge is 0.468 e. The summed E-state index contributed by atoms with van der Waals surface area (Å²) >= 11 is 1.61. The molecule has 0 radical (unpaired) electrons. The van der Waals surface area contributed by atoms with Crippen molar-refractivity contribution in [3.8, 4) is 0 Å². The molecule has 0 N–H and O–H groups in total. The van der Waals surface area contributed by atoms with Crippen molar-refractivity contribution in [2.75, 3.05) is 13.7 Å². The van der Waals surface area contributed by atoms with Gasteiger partial charge in [0.25, 0.3) is 0 Å². The van der Waals surface area contributed by atoms with Gasteiger partial charge in [-0.15, -0.1) is 11.8 Å². The summed E-state index contributed by atoms with van der Waals surface area (Å²) in [5, 5.41) is 0. The Morgan fingerprint density at radius 1 is 1.10 bits per heavy atom. The predicted molar refractivity (Wildman–Crippen MR) is 126 cm³/mol. The summed E-state index contributed by atoms with van der Waals surface area (Å²) in [6.45, 7) is 5.31. The lowest BCUT2D eigenvalue weighted by Gasteiger charge is -2.33. The number of esters is 1. The number of ether oxygens (including phenoxy) is 3. The smallest absolute Gasteiger partial charge is 0.326 e. The maximum absolute atomic E-state index is 13.1. The third-order valence-corrected chi connectivity index (χ3v) is 7.80. The molecular weight excluding hydrogens is 408 g/mol. The van der Waals surface area contributed by atoms with Crippen molar-refractivity contribution in [1.29, 1.82) is 0 Å². The van der Waals surface area contributed by atoms with Crippen LogP contribution in [0.4, 0.5) is 0 Å². The highest BCUT2D eigenvalue weighted by Gasteiger charge is 2.39. The molecule has 1 aliphatic carbocycles. The second-order valence-corrected chi connectivity index (χ2v) is 10.5. The normalized spacial score (nSPS) is 31.2. The van der Waals surface area contributed by atoms with Crippen molar-refractivity contribution in [1.82, 2.24) is 0 Å². The van der Waals surface area contributed by atoms with E-state index in [1.807, 2.05) is 18.2 Å². The van der Waals surface area contributed by atoms with E-state index in [0.29, 0.717) is 11.8 Å². The van der Waals surface area contributed by atoms with E-state index in [9.17, 15) is 4.79 Å². The number of allylic oxidation sites excluding steroid dienone is 1. The fourth-order valence-corrected chi connectivity index (χ4v) is 5.74. The SMILES string of the molecule is COC(=O)C1(Sc2ccccc2)/C=C\[C@H](C(C)C)CCC(OC2CCCCO2)CCC1. The van der Waals surface area contributed by atoms with Crippen molar-refractivity contribution in [3.05, 3.63) is 42.5 Å². The van der Waals surface area contributed by atoms with Crippen LogP contribution in [-0.2, 0) is 19.0 Å². The van der Waals surface area contributed by atoms with Gasteiger partial charge < -0.3 is 14.2 Å².